The predicted octanol–water partition coefficient (Wildman–Crippen LogP) is 3.86. The highest BCUT2D eigenvalue weighted by Crippen LogP contribution is 2.28. The molecule has 1 saturated heterocycles. The van der Waals surface area contributed by atoms with Crippen molar-refractivity contribution in [1.29, 1.82) is 0 Å². The molecule has 0 bridgehead atoms. The first kappa shape index (κ1) is 18.2. The minimum atomic E-state index is -0.151. The molecule has 3 rings (SSSR count). The van der Waals surface area contributed by atoms with Crippen LogP contribution in [0, 0.1) is 6.92 Å². The molecule has 0 unspecified atom stereocenters. The van der Waals surface area contributed by atoms with Crippen LogP contribution < -0.4 is 4.74 Å². The van der Waals surface area contributed by atoms with Gasteiger partial charge in [0, 0.05) is 0 Å². The molecule has 26 heavy (non-hydrogen) atoms. The number of ether oxygens (including phenoxy) is 1. The number of rotatable bonds is 5. The summed E-state index contributed by atoms with van der Waals surface area (Å²) in [6, 6.07) is 15.7. The van der Waals surface area contributed by atoms with Crippen molar-refractivity contribution in [3.63, 3.8) is 0 Å². The van der Waals surface area contributed by atoms with Crippen molar-refractivity contribution < 1.29 is 9.53 Å². The van der Waals surface area contributed by atoms with Gasteiger partial charge in [-0.2, -0.15) is 5.10 Å². The molecule has 6 heteroatoms. The summed E-state index contributed by atoms with van der Waals surface area (Å²) >= 11 is 1.43. The van der Waals surface area contributed by atoms with E-state index in [9.17, 15) is 4.79 Å². The molecule has 1 aliphatic heterocycles. The van der Waals surface area contributed by atoms with E-state index in [1.54, 1.807) is 18.2 Å². The fraction of sp³-hybridized carbons (Fsp3) is 0.250. The lowest BCUT2D eigenvalue weighted by Gasteiger charge is -2.15. The Labute approximate surface area is 157 Å². The largest absolute Gasteiger partial charge is 0.497 e. The Morgan fingerprint density at radius 3 is 2.50 bits per heavy atom. The topological polar surface area (TPSA) is 54.3 Å². The number of amides is 1. The second-order valence-corrected chi connectivity index (χ2v) is 7.38. The highest BCUT2D eigenvalue weighted by Gasteiger charge is 2.35. The smallest absolute Gasteiger partial charge is 0.242 e. The molecule has 0 radical (unpaired) electrons. The zero-order valence-electron chi connectivity index (χ0n) is 15.0. The third-order valence-corrected chi connectivity index (χ3v) is 5.12. The van der Waals surface area contributed by atoms with E-state index in [1.165, 1.54) is 17.3 Å². The molecule has 1 fully saturated rings. The molecule has 0 N–H and O–H groups in total. The van der Waals surface area contributed by atoms with Gasteiger partial charge in [0.15, 0.2) is 5.17 Å². The summed E-state index contributed by atoms with van der Waals surface area (Å²) in [4.78, 5) is 14.1. The molecule has 1 atom stereocenters. The Balaban J connectivity index is 1.75. The first-order valence-electron chi connectivity index (χ1n) is 8.35. The molecule has 2 aromatic carbocycles. The summed E-state index contributed by atoms with van der Waals surface area (Å²) < 4.78 is 5.17. The lowest BCUT2D eigenvalue weighted by molar-refractivity contribution is -0.126. The normalized spacial score (nSPS) is 18.9. The van der Waals surface area contributed by atoms with Crippen LogP contribution in [-0.2, 0) is 11.3 Å². The van der Waals surface area contributed by atoms with Crippen molar-refractivity contribution in [2.45, 2.75) is 25.6 Å². The maximum atomic E-state index is 12.5. The Morgan fingerprint density at radius 1 is 1.15 bits per heavy atom. The summed E-state index contributed by atoms with van der Waals surface area (Å²) in [5.74, 6) is 0.843. The van der Waals surface area contributed by atoms with Gasteiger partial charge in [0.25, 0.3) is 0 Å². The average molecular weight is 367 g/mol. The molecule has 5 nitrogen and oxygen atoms in total. The van der Waals surface area contributed by atoms with E-state index in [4.69, 9.17) is 4.74 Å². The van der Waals surface area contributed by atoms with Crippen molar-refractivity contribution in [2.75, 3.05) is 7.11 Å². The van der Waals surface area contributed by atoms with E-state index in [1.807, 2.05) is 62.4 Å². The number of benzene rings is 2. The maximum Gasteiger partial charge on any atom is 0.242 e. The van der Waals surface area contributed by atoms with Crippen molar-refractivity contribution >= 4 is 29.1 Å². The Hall–Kier alpha value is -2.60. The molecule has 0 spiro atoms. The van der Waals surface area contributed by atoms with Crippen molar-refractivity contribution in [2.24, 2.45) is 10.2 Å². The van der Waals surface area contributed by atoms with Gasteiger partial charge in [-0.15, -0.1) is 5.10 Å². The standard InChI is InChI=1S/C20H21N3O2S/c1-14-4-6-16(7-5-14)12-21-22-20-23(19(24)15(2)26-20)13-17-8-10-18(25-3)11-9-17/h4-12,15H,13H2,1-3H3/b21-12-,22-20+/t15-/m1/s1. The number of thioether (sulfide) groups is 1. The quantitative estimate of drug-likeness (QED) is 0.596. The molecule has 1 heterocycles. The number of amidine groups is 1. The van der Waals surface area contributed by atoms with E-state index in [2.05, 4.69) is 10.2 Å². The van der Waals surface area contributed by atoms with Crippen LogP contribution in [-0.4, -0.2) is 34.5 Å². The van der Waals surface area contributed by atoms with Gasteiger partial charge in [0.05, 0.1) is 25.1 Å². The fourth-order valence-corrected chi connectivity index (χ4v) is 3.44. The van der Waals surface area contributed by atoms with E-state index in [0.717, 1.165) is 16.9 Å². The summed E-state index contributed by atoms with van der Waals surface area (Å²) in [7, 11) is 1.63. The highest BCUT2D eigenvalue weighted by molar-refractivity contribution is 8.15. The van der Waals surface area contributed by atoms with E-state index in [-0.39, 0.29) is 11.2 Å². The third kappa shape index (κ3) is 4.32. The lowest BCUT2D eigenvalue weighted by Crippen LogP contribution is -2.30. The molecule has 1 amide bonds. The van der Waals surface area contributed by atoms with Gasteiger partial charge in [-0.05, 0) is 37.1 Å². The minimum absolute atomic E-state index is 0.0510. The molecule has 0 aromatic heterocycles. The summed E-state index contributed by atoms with van der Waals surface area (Å²) in [5, 5.41) is 8.93. The molecule has 0 saturated carbocycles. The van der Waals surface area contributed by atoms with Crippen molar-refractivity contribution in [3.8, 4) is 5.75 Å². The van der Waals surface area contributed by atoms with Crippen LogP contribution >= 0.6 is 11.8 Å². The number of carbonyl (C=O) groups excluding carboxylic acids is 1. The minimum Gasteiger partial charge on any atom is -0.497 e. The molecule has 0 aliphatic carbocycles. The van der Waals surface area contributed by atoms with Gasteiger partial charge in [0.2, 0.25) is 5.91 Å². The maximum absolute atomic E-state index is 12.5. The zero-order chi connectivity index (χ0) is 18.5. The van der Waals surface area contributed by atoms with Gasteiger partial charge in [0.1, 0.15) is 5.75 Å². The van der Waals surface area contributed by atoms with Gasteiger partial charge >= 0.3 is 0 Å². The van der Waals surface area contributed by atoms with E-state index in [0.29, 0.717) is 11.7 Å². The van der Waals surface area contributed by atoms with Crippen LogP contribution in [0.15, 0.2) is 58.7 Å². The SMILES string of the molecule is COc1ccc(CN2C(=O)[C@@H](C)S/C2=N/N=C\c2ccc(C)cc2)cc1. The van der Waals surface area contributed by atoms with Crippen LogP contribution in [0.25, 0.3) is 0 Å². The number of aryl methyl sites for hydroxylation is 1. The van der Waals surface area contributed by atoms with Crippen LogP contribution in [0.3, 0.4) is 0 Å². The summed E-state index contributed by atoms with van der Waals surface area (Å²) in [5.41, 5.74) is 3.19. The van der Waals surface area contributed by atoms with Gasteiger partial charge in [-0.3, -0.25) is 9.69 Å². The molecular formula is C20H21N3O2S. The van der Waals surface area contributed by atoms with Gasteiger partial charge in [-0.25, -0.2) is 0 Å². The van der Waals surface area contributed by atoms with Gasteiger partial charge < -0.3 is 4.74 Å². The number of hydrogen-bond donors (Lipinski definition) is 0. The van der Waals surface area contributed by atoms with E-state index >= 15 is 0 Å². The van der Waals surface area contributed by atoms with Crippen LogP contribution in [0.4, 0.5) is 0 Å². The highest BCUT2D eigenvalue weighted by atomic mass is 32.2. The zero-order valence-corrected chi connectivity index (χ0v) is 15.9. The van der Waals surface area contributed by atoms with Crippen molar-refractivity contribution in [1.82, 2.24) is 4.90 Å². The molecule has 1 aliphatic rings. The number of nitrogens with zero attached hydrogens (tertiary/aromatic N) is 3. The van der Waals surface area contributed by atoms with Gasteiger partial charge in [-0.1, -0.05) is 53.7 Å². The lowest BCUT2D eigenvalue weighted by atomic mass is 10.2. The summed E-state index contributed by atoms with van der Waals surface area (Å²) in [6.45, 7) is 4.40. The monoisotopic (exact) mass is 367 g/mol. The molecular weight excluding hydrogens is 346 g/mol. The van der Waals surface area contributed by atoms with E-state index < -0.39 is 0 Å². The predicted molar refractivity (Wildman–Crippen MR) is 107 cm³/mol. The Bertz CT molecular complexity index is 829. The number of carbonyl (C=O) groups is 1. The third-order valence-electron chi connectivity index (χ3n) is 4.05. The second kappa shape index (κ2) is 8.19. The average Bonchev–Trinajstić information content (AvgIpc) is 2.92. The fourth-order valence-electron chi connectivity index (χ4n) is 2.52. The Kier molecular flexibility index (Phi) is 5.73. The second-order valence-electron chi connectivity index (χ2n) is 6.07. The summed E-state index contributed by atoms with van der Waals surface area (Å²) in [6.07, 6.45) is 1.70. The molecule has 134 valence electrons. The first-order valence-corrected chi connectivity index (χ1v) is 9.23. The first-order chi connectivity index (χ1) is 12.6. The number of hydrogen-bond acceptors (Lipinski definition) is 5. The van der Waals surface area contributed by atoms with Crippen LogP contribution in [0.5, 0.6) is 5.75 Å². The Morgan fingerprint density at radius 2 is 1.85 bits per heavy atom. The van der Waals surface area contributed by atoms with Crippen molar-refractivity contribution in [3.05, 3.63) is 65.2 Å². The van der Waals surface area contributed by atoms with Crippen LogP contribution in [0.2, 0.25) is 0 Å². The number of methoxy groups -OCH3 is 1. The van der Waals surface area contributed by atoms with Crippen LogP contribution in [0.1, 0.15) is 23.6 Å². The molecule has 2 aromatic rings.